The molecule has 2 atom stereocenters. The Morgan fingerprint density at radius 3 is 2.52 bits per heavy atom. The fourth-order valence-corrected chi connectivity index (χ4v) is 2.88. The van der Waals surface area contributed by atoms with E-state index in [9.17, 15) is 5.11 Å². The highest BCUT2D eigenvalue weighted by Crippen LogP contribution is 2.25. The first-order chi connectivity index (χ1) is 9.93. The van der Waals surface area contributed by atoms with Crippen molar-refractivity contribution in [1.82, 2.24) is 14.5 Å². The summed E-state index contributed by atoms with van der Waals surface area (Å²) in [5.74, 6) is 0.965. The molecule has 2 unspecified atom stereocenters. The number of aryl methyl sites for hydroxylation is 1. The van der Waals surface area contributed by atoms with Gasteiger partial charge in [0.15, 0.2) is 0 Å². The summed E-state index contributed by atoms with van der Waals surface area (Å²) < 4.78 is 2.20. The number of aliphatic hydroxyl groups is 1. The number of para-hydroxylation sites is 2. The number of hydrogen-bond donors (Lipinski definition) is 1. The van der Waals surface area contributed by atoms with Gasteiger partial charge >= 0.3 is 0 Å². The first-order valence-electron chi connectivity index (χ1n) is 7.73. The van der Waals surface area contributed by atoms with Crippen molar-refractivity contribution in [2.75, 3.05) is 14.1 Å². The van der Waals surface area contributed by atoms with Crippen LogP contribution >= 0.6 is 0 Å². The van der Waals surface area contributed by atoms with Crippen LogP contribution in [0.3, 0.4) is 0 Å². The van der Waals surface area contributed by atoms with Crippen LogP contribution in [0.1, 0.15) is 33.0 Å². The quantitative estimate of drug-likeness (QED) is 0.889. The Labute approximate surface area is 127 Å². The van der Waals surface area contributed by atoms with Crippen molar-refractivity contribution in [2.45, 2.75) is 51.8 Å². The van der Waals surface area contributed by atoms with Crippen molar-refractivity contribution in [1.29, 1.82) is 0 Å². The molecule has 1 aromatic heterocycles. The highest BCUT2D eigenvalue weighted by molar-refractivity contribution is 5.75. The molecule has 0 aliphatic heterocycles. The molecule has 2 aromatic rings. The van der Waals surface area contributed by atoms with Crippen LogP contribution in [0.15, 0.2) is 24.3 Å². The van der Waals surface area contributed by atoms with Gasteiger partial charge in [0.05, 0.1) is 17.1 Å². The van der Waals surface area contributed by atoms with Gasteiger partial charge in [-0.2, -0.15) is 0 Å². The summed E-state index contributed by atoms with van der Waals surface area (Å²) in [4.78, 5) is 6.82. The van der Waals surface area contributed by atoms with Crippen molar-refractivity contribution >= 4 is 11.0 Å². The van der Waals surface area contributed by atoms with Crippen LogP contribution in [0, 0.1) is 0 Å². The summed E-state index contributed by atoms with van der Waals surface area (Å²) in [5.41, 5.74) is 1.91. The smallest absolute Gasteiger partial charge is 0.112 e. The number of hydrogen-bond acceptors (Lipinski definition) is 3. The second-order valence-corrected chi connectivity index (χ2v) is 6.09. The third kappa shape index (κ3) is 2.83. The third-order valence-electron chi connectivity index (χ3n) is 4.88. The minimum absolute atomic E-state index is 0.239. The van der Waals surface area contributed by atoms with Gasteiger partial charge in [-0.1, -0.05) is 19.1 Å². The van der Waals surface area contributed by atoms with Crippen LogP contribution in [0.25, 0.3) is 11.0 Å². The molecule has 0 aliphatic rings. The Bertz CT molecular complexity index is 605. The minimum atomic E-state index is -0.445. The predicted octanol–water partition coefficient (Wildman–Crippen LogP) is 2.69. The molecule has 0 radical (unpaired) electrons. The maximum absolute atomic E-state index is 10.7. The second-order valence-electron chi connectivity index (χ2n) is 6.09. The standard InChI is InChI=1S/C17H27N3O/c1-6-17(3,19(4)5)15(21)12-16-18-13-10-8-9-11-14(13)20(16)7-2/h8-11,15,21H,6-7,12H2,1-5H3. The summed E-state index contributed by atoms with van der Waals surface area (Å²) in [6.07, 6.45) is 1.03. The molecule has 2 rings (SSSR count). The lowest BCUT2D eigenvalue weighted by atomic mass is 9.88. The molecule has 1 aromatic carbocycles. The summed E-state index contributed by atoms with van der Waals surface area (Å²) in [7, 11) is 4.05. The van der Waals surface area contributed by atoms with Gasteiger partial charge in [0, 0.05) is 18.5 Å². The molecule has 21 heavy (non-hydrogen) atoms. The van der Waals surface area contributed by atoms with Gasteiger partial charge in [0.2, 0.25) is 0 Å². The number of fused-ring (bicyclic) bond motifs is 1. The third-order valence-corrected chi connectivity index (χ3v) is 4.88. The topological polar surface area (TPSA) is 41.3 Å². The zero-order valence-corrected chi connectivity index (χ0v) is 13.8. The molecule has 0 saturated carbocycles. The molecular weight excluding hydrogens is 262 g/mol. The van der Waals surface area contributed by atoms with Crippen molar-refractivity contribution in [3.8, 4) is 0 Å². The van der Waals surface area contributed by atoms with E-state index in [2.05, 4.69) is 36.3 Å². The van der Waals surface area contributed by atoms with Crippen LogP contribution in [0.5, 0.6) is 0 Å². The summed E-state index contributed by atoms with van der Waals surface area (Å²) in [6, 6.07) is 8.16. The molecule has 0 aliphatic carbocycles. The molecule has 4 nitrogen and oxygen atoms in total. The normalized spacial score (nSPS) is 16.3. The number of imidazole rings is 1. The lowest BCUT2D eigenvalue weighted by Crippen LogP contribution is -2.51. The number of likely N-dealkylation sites (N-methyl/N-ethyl adjacent to an activating group) is 1. The second kappa shape index (κ2) is 6.16. The van der Waals surface area contributed by atoms with Crippen LogP contribution < -0.4 is 0 Å². The van der Waals surface area contributed by atoms with Crippen molar-refractivity contribution in [3.63, 3.8) is 0 Å². The van der Waals surface area contributed by atoms with E-state index in [-0.39, 0.29) is 5.54 Å². The first-order valence-corrected chi connectivity index (χ1v) is 7.73. The van der Waals surface area contributed by atoms with E-state index in [1.54, 1.807) is 0 Å². The zero-order chi connectivity index (χ0) is 15.6. The molecule has 116 valence electrons. The Hall–Kier alpha value is -1.39. The molecule has 0 fully saturated rings. The Morgan fingerprint density at radius 1 is 1.29 bits per heavy atom. The van der Waals surface area contributed by atoms with Gasteiger partial charge in [-0.3, -0.25) is 0 Å². The van der Waals surface area contributed by atoms with Crippen molar-refractivity contribution in [2.24, 2.45) is 0 Å². The Kier molecular flexibility index (Phi) is 4.69. The number of benzene rings is 1. The summed E-state index contributed by atoms with van der Waals surface area (Å²) >= 11 is 0. The van der Waals surface area contributed by atoms with Gasteiger partial charge in [0.1, 0.15) is 5.82 Å². The molecule has 0 spiro atoms. The number of nitrogens with zero attached hydrogens (tertiary/aromatic N) is 3. The molecule has 4 heteroatoms. The number of aliphatic hydroxyl groups excluding tert-OH is 1. The molecule has 1 heterocycles. The fraction of sp³-hybridized carbons (Fsp3) is 0.588. The van der Waals surface area contributed by atoms with Crippen LogP contribution in [-0.2, 0) is 13.0 Å². The van der Waals surface area contributed by atoms with E-state index in [0.717, 1.165) is 29.8 Å². The van der Waals surface area contributed by atoms with Gasteiger partial charge in [0.25, 0.3) is 0 Å². The maximum atomic E-state index is 10.7. The molecule has 0 amide bonds. The van der Waals surface area contributed by atoms with E-state index in [1.165, 1.54) is 0 Å². The Morgan fingerprint density at radius 2 is 1.95 bits per heavy atom. The van der Waals surface area contributed by atoms with Gasteiger partial charge in [-0.05, 0) is 46.5 Å². The van der Waals surface area contributed by atoms with Crippen LogP contribution in [0.2, 0.25) is 0 Å². The zero-order valence-electron chi connectivity index (χ0n) is 13.8. The summed E-state index contributed by atoms with van der Waals surface area (Å²) in [6.45, 7) is 7.21. The van der Waals surface area contributed by atoms with Crippen LogP contribution in [-0.4, -0.2) is 45.3 Å². The average Bonchev–Trinajstić information content (AvgIpc) is 2.82. The van der Waals surface area contributed by atoms with E-state index < -0.39 is 6.10 Å². The van der Waals surface area contributed by atoms with Gasteiger partial charge in [-0.15, -0.1) is 0 Å². The van der Waals surface area contributed by atoms with Crippen molar-refractivity contribution < 1.29 is 5.11 Å². The molecular formula is C17H27N3O. The van der Waals surface area contributed by atoms with Gasteiger partial charge in [-0.25, -0.2) is 4.98 Å². The molecule has 1 N–H and O–H groups in total. The molecule has 0 bridgehead atoms. The summed E-state index contributed by atoms with van der Waals surface area (Å²) in [5, 5.41) is 10.7. The molecule has 0 saturated heterocycles. The minimum Gasteiger partial charge on any atom is -0.391 e. The number of aromatic nitrogens is 2. The van der Waals surface area contributed by atoms with Crippen molar-refractivity contribution in [3.05, 3.63) is 30.1 Å². The largest absolute Gasteiger partial charge is 0.391 e. The van der Waals surface area contributed by atoms with E-state index >= 15 is 0 Å². The highest BCUT2D eigenvalue weighted by Gasteiger charge is 2.34. The van der Waals surface area contributed by atoms with E-state index in [0.29, 0.717) is 6.42 Å². The monoisotopic (exact) mass is 289 g/mol. The number of rotatable bonds is 6. The van der Waals surface area contributed by atoms with Crippen LogP contribution in [0.4, 0.5) is 0 Å². The highest BCUT2D eigenvalue weighted by atomic mass is 16.3. The lowest BCUT2D eigenvalue weighted by Gasteiger charge is -2.39. The van der Waals surface area contributed by atoms with Gasteiger partial charge < -0.3 is 14.6 Å². The van der Waals surface area contributed by atoms with E-state index in [1.807, 2.05) is 32.3 Å². The lowest BCUT2D eigenvalue weighted by molar-refractivity contribution is 0.00153. The Balaban J connectivity index is 2.35. The average molecular weight is 289 g/mol. The maximum Gasteiger partial charge on any atom is 0.112 e. The fourth-order valence-electron chi connectivity index (χ4n) is 2.88. The first kappa shape index (κ1) is 16.0. The SMILES string of the molecule is CCn1c(CC(O)C(C)(CC)N(C)C)nc2ccccc21. The predicted molar refractivity (Wildman–Crippen MR) is 87.5 cm³/mol. The van der Waals surface area contributed by atoms with E-state index in [4.69, 9.17) is 4.98 Å².